The van der Waals surface area contributed by atoms with Gasteiger partial charge in [-0.2, -0.15) is 0 Å². The number of aromatic nitrogens is 4. The Morgan fingerprint density at radius 2 is 1.96 bits per heavy atom. The summed E-state index contributed by atoms with van der Waals surface area (Å²) in [6.07, 6.45) is 0. The predicted octanol–water partition coefficient (Wildman–Crippen LogP) is 1.64. The van der Waals surface area contributed by atoms with Crippen LogP contribution in [-0.4, -0.2) is 37.8 Å². The van der Waals surface area contributed by atoms with Gasteiger partial charge in [0.05, 0.1) is 16.8 Å². The van der Waals surface area contributed by atoms with E-state index in [4.69, 9.17) is 0 Å². The fourth-order valence-corrected chi connectivity index (χ4v) is 2.50. The van der Waals surface area contributed by atoms with Gasteiger partial charge in [-0.25, -0.2) is 9.61 Å². The number of nitrogens with zero attached hydrogens (tertiary/aromatic N) is 3. The summed E-state index contributed by atoms with van der Waals surface area (Å²) in [5.74, 6) is -0.410. The third-order valence-corrected chi connectivity index (χ3v) is 3.62. The number of aromatic amines is 1. The Kier molecular flexibility index (Phi) is 4.24. The molecule has 0 saturated heterocycles. The maximum Gasteiger partial charge on any atom is 0.236 e. The first-order valence-electron chi connectivity index (χ1n) is 6.59. The molecule has 0 bridgehead atoms. The van der Waals surface area contributed by atoms with Crippen LogP contribution >= 0.6 is 11.8 Å². The first-order chi connectivity index (χ1) is 11.1. The van der Waals surface area contributed by atoms with Gasteiger partial charge in [-0.05, 0) is 22.4 Å². The minimum absolute atomic E-state index is 0.0652. The molecular formula is C13H12N6O3S. The lowest BCUT2D eigenvalue weighted by Crippen LogP contribution is -2.16. The largest absolute Gasteiger partial charge is 0.333 e. The summed E-state index contributed by atoms with van der Waals surface area (Å²) in [5, 5.41) is 12.6. The lowest BCUT2D eigenvalue weighted by Gasteiger charge is -2.02. The van der Waals surface area contributed by atoms with Crippen LogP contribution in [0.1, 0.15) is 6.92 Å². The van der Waals surface area contributed by atoms with E-state index in [2.05, 4.69) is 35.5 Å². The Hall–Kier alpha value is -2.88. The first-order valence-corrected chi connectivity index (χ1v) is 7.58. The molecule has 9 nitrogen and oxygen atoms in total. The highest BCUT2D eigenvalue weighted by molar-refractivity contribution is 7.99. The minimum atomic E-state index is -0.340. The minimum Gasteiger partial charge on any atom is -0.333 e. The summed E-state index contributed by atoms with van der Waals surface area (Å²) in [5.41, 5.74) is 1.74. The van der Waals surface area contributed by atoms with Crippen molar-refractivity contribution in [1.29, 1.82) is 0 Å². The monoisotopic (exact) mass is 332 g/mol. The van der Waals surface area contributed by atoms with Gasteiger partial charge in [-0.15, -0.1) is 0 Å². The average molecular weight is 332 g/mol. The molecule has 3 rings (SSSR count). The van der Waals surface area contributed by atoms with Gasteiger partial charge in [-0.3, -0.25) is 9.59 Å². The van der Waals surface area contributed by atoms with E-state index in [0.717, 1.165) is 11.0 Å². The smallest absolute Gasteiger partial charge is 0.236 e. The van der Waals surface area contributed by atoms with Crippen LogP contribution in [0.2, 0.25) is 0 Å². The summed E-state index contributed by atoms with van der Waals surface area (Å²) >= 11 is 1.25. The fraction of sp³-hybridized carbons (Fsp3) is 0.154. The Labute approximate surface area is 134 Å². The molecule has 0 unspecified atom stereocenters. The maximum atomic E-state index is 11.9. The molecule has 1 aromatic carbocycles. The van der Waals surface area contributed by atoms with E-state index in [1.807, 2.05) is 24.3 Å². The lowest BCUT2D eigenvalue weighted by atomic mass is 10.3. The van der Waals surface area contributed by atoms with E-state index in [0.29, 0.717) is 5.16 Å². The highest BCUT2D eigenvalue weighted by atomic mass is 32.2. The number of nitrogens with one attached hydrogen (secondary N) is 3. The van der Waals surface area contributed by atoms with E-state index < -0.39 is 0 Å². The van der Waals surface area contributed by atoms with Crippen LogP contribution in [0.15, 0.2) is 34.1 Å². The summed E-state index contributed by atoms with van der Waals surface area (Å²) in [6, 6.07) is 7.60. The summed E-state index contributed by atoms with van der Waals surface area (Å²) in [7, 11) is 0. The molecule has 0 spiro atoms. The summed E-state index contributed by atoms with van der Waals surface area (Å²) in [4.78, 5) is 30.4. The number of imidazole rings is 1. The highest BCUT2D eigenvalue weighted by Crippen LogP contribution is 2.20. The van der Waals surface area contributed by atoms with Crippen LogP contribution in [0.5, 0.6) is 0 Å². The highest BCUT2D eigenvalue weighted by Gasteiger charge is 2.15. The van der Waals surface area contributed by atoms with Gasteiger partial charge in [0.25, 0.3) is 0 Å². The SMILES string of the molecule is CC(=O)Nc1nonc1NC(=O)CSc1nc2ccccc2[nH]1. The van der Waals surface area contributed by atoms with Gasteiger partial charge >= 0.3 is 0 Å². The van der Waals surface area contributed by atoms with Crippen molar-refractivity contribution in [2.75, 3.05) is 16.4 Å². The number of para-hydroxylation sites is 2. The number of H-pyrrole nitrogens is 1. The molecule has 0 aliphatic carbocycles. The number of fused-ring (bicyclic) bond motifs is 1. The number of rotatable bonds is 5. The van der Waals surface area contributed by atoms with Crippen molar-refractivity contribution in [3.63, 3.8) is 0 Å². The number of benzene rings is 1. The van der Waals surface area contributed by atoms with E-state index in [-0.39, 0.29) is 29.2 Å². The third-order valence-electron chi connectivity index (χ3n) is 2.75. The predicted molar refractivity (Wildman–Crippen MR) is 84.0 cm³/mol. The second kappa shape index (κ2) is 6.48. The Balaban J connectivity index is 1.59. The van der Waals surface area contributed by atoms with Gasteiger partial charge in [0.2, 0.25) is 23.5 Å². The van der Waals surface area contributed by atoms with Crippen molar-refractivity contribution in [3.05, 3.63) is 24.3 Å². The second-order valence-corrected chi connectivity index (χ2v) is 5.50. The molecule has 3 N–H and O–H groups in total. The van der Waals surface area contributed by atoms with Crippen LogP contribution in [0, 0.1) is 0 Å². The molecule has 118 valence electrons. The zero-order valence-electron chi connectivity index (χ0n) is 12.0. The van der Waals surface area contributed by atoms with Crippen molar-refractivity contribution in [3.8, 4) is 0 Å². The number of hydrogen-bond donors (Lipinski definition) is 3. The molecule has 3 aromatic rings. The van der Waals surface area contributed by atoms with Crippen LogP contribution in [0.4, 0.5) is 11.6 Å². The molecular weight excluding hydrogens is 320 g/mol. The number of carbonyl (C=O) groups is 2. The quantitative estimate of drug-likeness (QED) is 0.606. The van der Waals surface area contributed by atoms with Crippen LogP contribution < -0.4 is 10.6 Å². The lowest BCUT2D eigenvalue weighted by molar-refractivity contribution is -0.115. The molecule has 23 heavy (non-hydrogen) atoms. The molecule has 0 saturated carbocycles. The van der Waals surface area contributed by atoms with E-state index in [9.17, 15) is 9.59 Å². The molecule has 10 heteroatoms. The van der Waals surface area contributed by atoms with Gasteiger partial charge in [-0.1, -0.05) is 23.9 Å². The molecule has 2 amide bonds. The van der Waals surface area contributed by atoms with Crippen molar-refractivity contribution in [2.24, 2.45) is 0 Å². The van der Waals surface area contributed by atoms with Crippen LogP contribution in [-0.2, 0) is 9.59 Å². The zero-order valence-corrected chi connectivity index (χ0v) is 12.8. The third kappa shape index (κ3) is 3.66. The molecule has 0 aliphatic rings. The molecule has 0 fully saturated rings. The first kappa shape index (κ1) is 15.0. The summed E-state index contributed by atoms with van der Waals surface area (Å²) in [6.45, 7) is 1.32. The molecule has 0 aliphatic heterocycles. The van der Waals surface area contributed by atoms with E-state index in [1.54, 1.807) is 0 Å². The second-order valence-electron chi connectivity index (χ2n) is 4.54. The van der Waals surface area contributed by atoms with Crippen molar-refractivity contribution in [1.82, 2.24) is 20.3 Å². The van der Waals surface area contributed by atoms with Crippen molar-refractivity contribution in [2.45, 2.75) is 12.1 Å². The van der Waals surface area contributed by atoms with Crippen molar-refractivity contribution < 1.29 is 14.2 Å². The number of thioether (sulfide) groups is 1. The van der Waals surface area contributed by atoms with Crippen LogP contribution in [0.25, 0.3) is 11.0 Å². The Morgan fingerprint density at radius 3 is 2.70 bits per heavy atom. The van der Waals surface area contributed by atoms with Gasteiger partial charge < -0.3 is 15.6 Å². The normalized spacial score (nSPS) is 10.7. The number of anilines is 2. The molecule has 2 aromatic heterocycles. The molecule has 2 heterocycles. The van der Waals surface area contributed by atoms with E-state index >= 15 is 0 Å². The van der Waals surface area contributed by atoms with Gasteiger partial charge in [0.15, 0.2) is 5.16 Å². The standard InChI is InChI=1S/C13H12N6O3S/c1-7(20)14-11-12(19-22-18-11)17-10(21)6-23-13-15-8-4-2-3-5-9(8)16-13/h2-5H,6H2,1H3,(H,15,16)(H,14,18,20)(H,17,19,21). The topological polar surface area (TPSA) is 126 Å². The fourth-order valence-electron chi connectivity index (χ4n) is 1.82. The number of amides is 2. The summed E-state index contributed by atoms with van der Waals surface area (Å²) < 4.78 is 4.50. The Bertz CT molecular complexity index is 825. The Morgan fingerprint density at radius 1 is 1.22 bits per heavy atom. The zero-order chi connectivity index (χ0) is 16.2. The van der Waals surface area contributed by atoms with Crippen LogP contribution in [0.3, 0.4) is 0 Å². The molecule has 0 atom stereocenters. The average Bonchev–Trinajstić information content (AvgIpc) is 3.11. The maximum absolute atomic E-state index is 11.9. The van der Waals surface area contributed by atoms with Gasteiger partial charge in [0, 0.05) is 6.92 Å². The number of hydrogen-bond acceptors (Lipinski definition) is 7. The number of carbonyl (C=O) groups excluding carboxylic acids is 2. The molecule has 0 radical (unpaired) electrons. The van der Waals surface area contributed by atoms with E-state index in [1.165, 1.54) is 18.7 Å². The van der Waals surface area contributed by atoms with Crippen molar-refractivity contribution >= 4 is 46.2 Å². The van der Waals surface area contributed by atoms with Gasteiger partial charge in [0.1, 0.15) is 0 Å².